The number of rotatable bonds is 3. The van der Waals surface area contributed by atoms with Gasteiger partial charge in [-0.15, -0.1) is 0 Å². The van der Waals surface area contributed by atoms with Crippen LogP contribution in [0.25, 0.3) is 0 Å². The molecule has 9 heteroatoms. The van der Waals surface area contributed by atoms with Crippen LogP contribution in [0.1, 0.15) is 0 Å². The number of methoxy groups -OCH3 is 1. The highest BCUT2D eigenvalue weighted by Crippen LogP contribution is 2.51. The van der Waals surface area contributed by atoms with Crippen molar-refractivity contribution in [2.24, 2.45) is 4.99 Å². The van der Waals surface area contributed by atoms with E-state index in [1.165, 1.54) is 11.8 Å². The molecule has 3 aromatic carbocycles. The lowest BCUT2D eigenvalue weighted by molar-refractivity contribution is -0.113. The van der Waals surface area contributed by atoms with Gasteiger partial charge in [-0.25, -0.2) is 4.99 Å². The molecule has 0 radical (unpaired) electrons. The lowest BCUT2D eigenvalue weighted by atomic mass is 10.2. The van der Waals surface area contributed by atoms with E-state index >= 15 is 0 Å². The number of carbonyl (C=O) groups is 1. The van der Waals surface area contributed by atoms with Crippen molar-refractivity contribution in [2.45, 2.75) is 4.90 Å². The monoisotopic (exact) mass is 513 g/mol. The van der Waals surface area contributed by atoms with Gasteiger partial charge in [0.25, 0.3) is 5.91 Å². The van der Waals surface area contributed by atoms with Crippen LogP contribution in [0.5, 0.6) is 5.75 Å². The molecule has 2 heterocycles. The van der Waals surface area contributed by atoms with E-state index in [0.717, 1.165) is 27.0 Å². The van der Waals surface area contributed by atoms with Gasteiger partial charge in [0.2, 0.25) is 0 Å². The summed E-state index contributed by atoms with van der Waals surface area (Å²) in [4.78, 5) is 23.8. The summed E-state index contributed by atoms with van der Waals surface area (Å²) in [5, 5.41) is 2.27. The standard InChI is InChI=1S/C24H17Cl2N3O2S2/c1-28-19-13-16(31-2)9-11-20(19)32-23(28)21-22(30)29(15-6-4-3-5-7-15)24(33-21)27-14-8-10-17(25)18(26)12-14/h3-13H,1-2H3. The molecule has 0 spiro atoms. The van der Waals surface area contributed by atoms with Crippen molar-refractivity contribution in [3.05, 3.63) is 86.7 Å². The number of aliphatic imine (C=N–C) groups is 1. The normalized spacial score (nSPS) is 18.9. The van der Waals surface area contributed by atoms with E-state index < -0.39 is 0 Å². The molecule has 2 aliphatic heterocycles. The van der Waals surface area contributed by atoms with Gasteiger partial charge in [-0.05, 0) is 54.2 Å². The number of ether oxygens (including phenoxy) is 1. The zero-order valence-corrected chi connectivity index (χ0v) is 20.7. The molecule has 0 aromatic heterocycles. The molecule has 5 nitrogen and oxygen atoms in total. The van der Waals surface area contributed by atoms with Gasteiger partial charge >= 0.3 is 0 Å². The van der Waals surface area contributed by atoms with Gasteiger partial charge in [0.05, 0.1) is 39.2 Å². The molecule has 3 aromatic rings. The van der Waals surface area contributed by atoms with Crippen molar-refractivity contribution < 1.29 is 9.53 Å². The molecule has 0 bridgehead atoms. The van der Waals surface area contributed by atoms with Crippen LogP contribution in [0.15, 0.2) is 86.6 Å². The fourth-order valence-corrected chi connectivity index (χ4v) is 6.12. The van der Waals surface area contributed by atoms with Crippen molar-refractivity contribution in [1.29, 1.82) is 0 Å². The maximum atomic E-state index is 13.7. The van der Waals surface area contributed by atoms with Crippen LogP contribution < -0.4 is 14.5 Å². The first-order valence-corrected chi connectivity index (χ1v) is 12.3. The van der Waals surface area contributed by atoms with E-state index in [4.69, 9.17) is 32.9 Å². The second kappa shape index (κ2) is 8.99. The van der Waals surface area contributed by atoms with Crippen LogP contribution in [-0.2, 0) is 4.79 Å². The van der Waals surface area contributed by atoms with E-state index in [2.05, 4.69) is 0 Å². The number of amidine groups is 1. The number of thioether (sulfide) groups is 2. The zero-order chi connectivity index (χ0) is 23.1. The Morgan fingerprint density at radius 2 is 1.73 bits per heavy atom. The van der Waals surface area contributed by atoms with Crippen LogP contribution in [0.3, 0.4) is 0 Å². The average Bonchev–Trinajstić information content (AvgIpc) is 3.32. The van der Waals surface area contributed by atoms with Gasteiger partial charge in [-0.2, -0.15) is 0 Å². The molecule has 166 valence electrons. The molecular formula is C24H17Cl2N3O2S2. The Bertz CT molecular complexity index is 1330. The number of hydrogen-bond acceptors (Lipinski definition) is 6. The minimum absolute atomic E-state index is 0.126. The minimum Gasteiger partial charge on any atom is -0.497 e. The molecule has 1 saturated heterocycles. The predicted octanol–water partition coefficient (Wildman–Crippen LogP) is 7.18. The van der Waals surface area contributed by atoms with E-state index in [1.54, 1.807) is 42.0 Å². The Hall–Kier alpha value is -2.58. The van der Waals surface area contributed by atoms with Gasteiger partial charge in [0.1, 0.15) is 10.7 Å². The van der Waals surface area contributed by atoms with Crippen molar-refractivity contribution in [3.8, 4) is 5.75 Å². The highest BCUT2D eigenvalue weighted by molar-refractivity contribution is 8.20. The number of amides is 1. The average molecular weight is 514 g/mol. The van der Waals surface area contributed by atoms with Crippen LogP contribution in [-0.4, -0.2) is 25.2 Å². The summed E-state index contributed by atoms with van der Waals surface area (Å²) < 4.78 is 5.37. The molecule has 0 N–H and O–H groups in total. The molecule has 0 atom stereocenters. The minimum atomic E-state index is -0.126. The number of halogens is 2. The van der Waals surface area contributed by atoms with Crippen molar-refractivity contribution in [2.75, 3.05) is 24.0 Å². The van der Waals surface area contributed by atoms with Crippen molar-refractivity contribution >= 4 is 74.9 Å². The first-order chi connectivity index (χ1) is 16.0. The summed E-state index contributed by atoms with van der Waals surface area (Å²) in [5.74, 6) is 0.643. The van der Waals surface area contributed by atoms with Crippen LogP contribution in [0.2, 0.25) is 10.0 Å². The third-order valence-corrected chi connectivity index (χ3v) is 8.29. The largest absolute Gasteiger partial charge is 0.497 e. The van der Waals surface area contributed by atoms with E-state index in [0.29, 0.717) is 25.8 Å². The van der Waals surface area contributed by atoms with Crippen molar-refractivity contribution in [1.82, 2.24) is 0 Å². The number of anilines is 2. The summed E-state index contributed by atoms with van der Waals surface area (Å²) in [5.41, 5.74) is 2.36. The second-order valence-corrected chi connectivity index (χ2v) is 10.0. The molecule has 2 aliphatic rings. The first kappa shape index (κ1) is 22.2. The molecule has 0 aliphatic carbocycles. The molecule has 33 heavy (non-hydrogen) atoms. The van der Waals surface area contributed by atoms with Crippen LogP contribution in [0, 0.1) is 0 Å². The first-order valence-electron chi connectivity index (χ1n) is 9.91. The number of fused-ring (bicyclic) bond motifs is 1. The fourth-order valence-electron chi connectivity index (χ4n) is 3.50. The molecule has 1 fully saturated rings. The molecular weight excluding hydrogens is 497 g/mol. The Morgan fingerprint density at radius 3 is 2.45 bits per heavy atom. The van der Waals surface area contributed by atoms with Gasteiger partial charge in [0, 0.05) is 18.0 Å². The predicted molar refractivity (Wildman–Crippen MR) is 139 cm³/mol. The third-order valence-electron chi connectivity index (χ3n) is 5.16. The Morgan fingerprint density at radius 1 is 0.939 bits per heavy atom. The maximum Gasteiger partial charge on any atom is 0.274 e. The highest BCUT2D eigenvalue weighted by Gasteiger charge is 2.40. The Kier molecular flexibility index (Phi) is 6.05. The summed E-state index contributed by atoms with van der Waals surface area (Å²) in [6.45, 7) is 0. The summed E-state index contributed by atoms with van der Waals surface area (Å²) in [6.07, 6.45) is 0. The molecule has 1 amide bonds. The highest BCUT2D eigenvalue weighted by atomic mass is 35.5. The smallest absolute Gasteiger partial charge is 0.274 e. The lowest BCUT2D eigenvalue weighted by Gasteiger charge is -2.17. The zero-order valence-electron chi connectivity index (χ0n) is 17.6. The Labute approximate surface area is 210 Å². The lowest BCUT2D eigenvalue weighted by Crippen LogP contribution is -2.29. The van der Waals surface area contributed by atoms with E-state index in [9.17, 15) is 4.79 Å². The van der Waals surface area contributed by atoms with Gasteiger partial charge in [-0.1, -0.05) is 53.2 Å². The number of benzene rings is 3. The quantitative estimate of drug-likeness (QED) is 0.347. The van der Waals surface area contributed by atoms with Gasteiger partial charge in [0.15, 0.2) is 5.17 Å². The summed E-state index contributed by atoms with van der Waals surface area (Å²) in [7, 11) is 3.60. The van der Waals surface area contributed by atoms with Crippen LogP contribution in [0.4, 0.5) is 17.1 Å². The topological polar surface area (TPSA) is 45.1 Å². The number of carbonyl (C=O) groups excluding carboxylic acids is 1. The fraction of sp³-hybridized carbons (Fsp3) is 0.0833. The Balaban J connectivity index is 1.60. The second-order valence-electron chi connectivity index (χ2n) is 7.20. The number of nitrogens with zero attached hydrogens (tertiary/aromatic N) is 3. The summed E-state index contributed by atoms with van der Waals surface area (Å²) >= 11 is 15.2. The van der Waals surface area contributed by atoms with E-state index in [1.807, 2.05) is 60.5 Å². The number of hydrogen-bond donors (Lipinski definition) is 0. The van der Waals surface area contributed by atoms with E-state index in [-0.39, 0.29) is 5.91 Å². The van der Waals surface area contributed by atoms with Gasteiger partial charge in [-0.3, -0.25) is 9.69 Å². The van der Waals surface area contributed by atoms with Crippen LogP contribution >= 0.6 is 46.7 Å². The third kappa shape index (κ3) is 4.10. The molecule has 0 saturated carbocycles. The maximum absolute atomic E-state index is 13.7. The summed E-state index contributed by atoms with van der Waals surface area (Å²) in [6, 6.07) is 20.5. The SMILES string of the molecule is COc1ccc2c(c1)N(C)C(=C1SC(=Nc3ccc(Cl)c(Cl)c3)N(c3ccccc3)C1=O)S2. The molecule has 5 rings (SSSR count). The van der Waals surface area contributed by atoms with Gasteiger partial charge < -0.3 is 9.64 Å². The number of para-hydroxylation sites is 1. The molecule has 0 unspecified atom stereocenters. The van der Waals surface area contributed by atoms with Crippen molar-refractivity contribution in [3.63, 3.8) is 0 Å².